The quantitative estimate of drug-likeness (QED) is 0.393. The standard InChI is InChI=1S/C26H34N6O4/c1-2-3-18-36-21-8-6-20(7-9-21)25-27-26(35)22(28-29-25)10-11-23(33)32-16-14-30(15-17-32)19-24(34)31-12-4-5-13-31/h2,6-9H,1,3-5,10-19H2,(H,27,29,35). The van der Waals surface area contributed by atoms with Gasteiger partial charge in [-0.25, -0.2) is 0 Å². The summed E-state index contributed by atoms with van der Waals surface area (Å²) in [7, 11) is 0. The fourth-order valence-corrected chi connectivity index (χ4v) is 4.42. The predicted molar refractivity (Wildman–Crippen MR) is 136 cm³/mol. The third-order valence-electron chi connectivity index (χ3n) is 6.60. The average molecular weight is 495 g/mol. The number of nitrogens with one attached hydrogen (secondary N) is 1. The first-order chi connectivity index (χ1) is 17.5. The van der Waals surface area contributed by atoms with E-state index < -0.39 is 0 Å². The largest absolute Gasteiger partial charge is 0.493 e. The molecule has 0 aliphatic carbocycles. The summed E-state index contributed by atoms with van der Waals surface area (Å²) >= 11 is 0. The van der Waals surface area contributed by atoms with E-state index in [2.05, 4.69) is 26.7 Å². The highest BCUT2D eigenvalue weighted by Crippen LogP contribution is 2.18. The molecule has 2 aliphatic rings. The van der Waals surface area contributed by atoms with Gasteiger partial charge in [0.05, 0.1) is 13.2 Å². The second-order valence-corrected chi connectivity index (χ2v) is 9.14. The molecule has 0 bridgehead atoms. The van der Waals surface area contributed by atoms with Crippen LogP contribution in [0.5, 0.6) is 5.75 Å². The molecule has 2 fully saturated rings. The van der Waals surface area contributed by atoms with E-state index in [0.29, 0.717) is 45.2 Å². The maximum Gasteiger partial charge on any atom is 0.273 e. The minimum Gasteiger partial charge on any atom is -0.493 e. The number of aromatic amines is 1. The number of hydrogen-bond donors (Lipinski definition) is 1. The molecule has 36 heavy (non-hydrogen) atoms. The van der Waals surface area contributed by atoms with Crippen molar-refractivity contribution in [3.8, 4) is 17.1 Å². The topological polar surface area (TPSA) is 112 Å². The van der Waals surface area contributed by atoms with E-state index in [-0.39, 0.29) is 35.9 Å². The summed E-state index contributed by atoms with van der Waals surface area (Å²) in [6, 6.07) is 7.25. The Morgan fingerprint density at radius 1 is 0.972 bits per heavy atom. The van der Waals surface area contributed by atoms with Crippen molar-refractivity contribution in [3.63, 3.8) is 0 Å². The lowest BCUT2D eigenvalue weighted by molar-refractivity contribution is -0.134. The molecule has 0 saturated carbocycles. The fourth-order valence-electron chi connectivity index (χ4n) is 4.42. The third-order valence-corrected chi connectivity index (χ3v) is 6.60. The summed E-state index contributed by atoms with van der Waals surface area (Å²) in [6.45, 7) is 8.89. The number of piperazine rings is 1. The van der Waals surface area contributed by atoms with Crippen molar-refractivity contribution < 1.29 is 14.3 Å². The molecule has 2 amide bonds. The summed E-state index contributed by atoms with van der Waals surface area (Å²) < 4.78 is 5.59. The molecule has 1 aromatic heterocycles. The molecule has 10 nitrogen and oxygen atoms in total. The zero-order chi connectivity index (χ0) is 25.3. The molecule has 4 rings (SSSR count). The summed E-state index contributed by atoms with van der Waals surface area (Å²) in [5.41, 5.74) is 0.620. The van der Waals surface area contributed by atoms with Gasteiger partial charge in [-0.05, 0) is 43.5 Å². The lowest BCUT2D eigenvalue weighted by Crippen LogP contribution is -2.51. The van der Waals surface area contributed by atoms with Gasteiger partial charge in [-0.1, -0.05) is 6.08 Å². The van der Waals surface area contributed by atoms with Gasteiger partial charge in [-0.15, -0.1) is 16.8 Å². The van der Waals surface area contributed by atoms with Gasteiger partial charge in [-0.2, -0.15) is 0 Å². The maximum atomic E-state index is 12.7. The van der Waals surface area contributed by atoms with Crippen molar-refractivity contribution in [2.75, 3.05) is 52.4 Å². The van der Waals surface area contributed by atoms with Gasteiger partial charge in [-0.3, -0.25) is 19.3 Å². The molecule has 0 atom stereocenters. The van der Waals surface area contributed by atoms with Crippen LogP contribution in [0.2, 0.25) is 0 Å². The molecule has 10 heteroatoms. The van der Waals surface area contributed by atoms with Crippen LogP contribution in [-0.2, 0) is 16.0 Å². The number of aromatic nitrogens is 3. The first-order valence-corrected chi connectivity index (χ1v) is 12.6. The van der Waals surface area contributed by atoms with Crippen LogP contribution in [-0.4, -0.2) is 94.1 Å². The minimum atomic E-state index is -0.343. The first kappa shape index (κ1) is 25.6. The number of benzene rings is 1. The molecule has 3 heterocycles. The Morgan fingerprint density at radius 3 is 2.33 bits per heavy atom. The zero-order valence-corrected chi connectivity index (χ0v) is 20.7. The highest BCUT2D eigenvalue weighted by atomic mass is 16.5. The maximum absolute atomic E-state index is 12.7. The number of aryl methyl sites for hydroxylation is 1. The van der Waals surface area contributed by atoms with E-state index in [1.807, 2.05) is 29.2 Å². The summed E-state index contributed by atoms with van der Waals surface area (Å²) in [5, 5.41) is 8.23. The molecule has 2 aromatic rings. The zero-order valence-electron chi connectivity index (χ0n) is 20.7. The Morgan fingerprint density at radius 2 is 1.67 bits per heavy atom. The normalized spacial score (nSPS) is 16.2. The summed E-state index contributed by atoms with van der Waals surface area (Å²) in [4.78, 5) is 46.2. The van der Waals surface area contributed by atoms with E-state index in [1.165, 1.54) is 0 Å². The number of ether oxygens (including phenoxy) is 1. The monoisotopic (exact) mass is 494 g/mol. The van der Waals surface area contributed by atoms with Crippen LogP contribution in [0, 0.1) is 0 Å². The van der Waals surface area contributed by atoms with Crippen LogP contribution in [0.4, 0.5) is 0 Å². The molecule has 1 N–H and O–H groups in total. The van der Waals surface area contributed by atoms with E-state index in [0.717, 1.165) is 43.7 Å². The number of nitrogens with zero attached hydrogens (tertiary/aromatic N) is 5. The molecule has 0 spiro atoms. The van der Waals surface area contributed by atoms with E-state index in [9.17, 15) is 14.4 Å². The smallest absolute Gasteiger partial charge is 0.273 e. The van der Waals surface area contributed by atoms with Gasteiger partial charge in [0.25, 0.3) is 5.56 Å². The number of rotatable bonds is 10. The van der Waals surface area contributed by atoms with Gasteiger partial charge >= 0.3 is 0 Å². The van der Waals surface area contributed by atoms with Gasteiger partial charge in [0.1, 0.15) is 11.4 Å². The van der Waals surface area contributed by atoms with E-state index in [1.54, 1.807) is 11.0 Å². The Labute approximate surface area is 210 Å². The lowest BCUT2D eigenvalue weighted by atomic mass is 10.2. The van der Waals surface area contributed by atoms with Crippen LogP contribution in [0.3, 0.4) is 0 Å². The van der Waals surface area contributed by atoms with Crippen molar-refractivity contribution >= 4 is 11.8 Å². The summed E-state index contributed by atoms with van der Waals surface area (Å²) in [6.07, 6.45) is 5.16. The second-order valence-electron chi connectivity index (χ2n) is 9.14. The predicted octanol–water partition coefficient (Wildman–Crippen LogP) is 1.49. The van der Waals surface area contributed by atoms with Crippen molar-refractivity contribution in [3.05, 3.63) is 53.0 Å². The van der Waals surface area contributed by atoms with Crippen LogP contribution in [0.1, 0.15) is 31.4 Å². The molecule has 2 aliphatic heterocycles. The van der Waals surface area contributed by atoms with Crippen molar-refractivity contribution in [1.82, 2.24) is 29.9 Å². The average Bonchev–Trinajstić information content (AvgIpc) is 3.44. The van der Waals surface area contributed by atoms with Crippen LogP contribution < -0.4 is 10.3 Å². The molecule has 1 aromatic carbocycles. The van der Waals surface area contributed by atoms with Crippen molar-refractivity contribution in [2.24, 2.45) is 0 Å². The minimum absolute atomic E-state index is 0.0159. The number of hydrogen-bond acceptors (Lipinski definition) is 7. The number of amides is 2. The lowest BCUT2D eigenvalue weighted by Gasteiger charge is -2.35. The Bertz CT molecular complexity index is 1100. The van der Waals surface area contributed by atoms with Gasteiger partial charge in [0.2, 0.25) is 11.8 Å². The summed E-state index contributed by atoms with van der Waals surface area (Å²) in [5.74, 6) is 1.26. The molecule has 2 saturated heterocycles. The molecule has 192 valence electrons. The van der Waals surface area contributed by atoms with Gasteiger partial charge in [0, 0.05) is 57.7 Å². The number of H-pyrrole nitrogens is 1. The highest BCUT2D eigenvalue weighted by molar-refractivity contribution is 5.79. The van der Waals surface area contributed by atoms with E-state index in [4.69, 9.17) is 4.74 Å². The van der Waals surface area contributed by atoms with Crippen LogP contribution in [0.15, 0.2) is 41.7 Å². The van der Waals surface area contributed by atoms with Gasteiger partial charge in [0.15, 0.2) is 5.82 Å². The Kier molecular flexibility index (Phi) is 8.83. The fraction of sp³-hybridized carbons (Fsp3) is 0.500. The Balaban J connectivity index is 1.23. The highest BCUT2D eigenvalue weighted by Gasteiger charge is 2.25. The molecule has 0 radical (unpaired) electrons. The third kappa shape index (κ3) is 6.78. The number of carbonyl (C=O) groups excluding carboxylic acids is 2. The Hall–Kier alpha value is -3.53. The van der Waals surface area contributed by atoms with Crippen molar-refractivity contribution in [2.45, 2.75) is 32.1 Å². The second kappa shape index (κ2) is 12.4. The number of carbonyl (C=O) groups is 2. The van der Waals surface area contributed by atoms with Crippen LogP contribution in [0.25, 0.3) is 11.4 Å². The SMILES string of the molecule is C=CCCOc1ccc(-c2nnc(CCC(=O)N3CCN(CC(=O)N4CCCC4)CC3)c(=O)[nH]2)cc1. The van der Waals surface area contributed by atoms with Gasteiger partial charge < -0.3 is 19.5 Å². The van der Waals surface area contributed by atoms with Crippen molar-refractivity contribution in [1.29, 1.82) is 0 Å². The number of likely N-dealkylation sites (tertiary alicyclic amines) is 1. The van der Waals surface area contributed by atoms with Crippen LogP contribution >= 0.6 is 0 Å². The molecular formula is C26H34N6O4. The molecular weight excluding hydrogens is 460 g/mol. The first-order valence-electron chi connectivity index (χ1n) is 12.6. The molecule has 0 unspecified atom stereocenters. The van der Waals surface area contributed by atoms with E-state index >= 15 is 0 Å².